The molecule has 1 aliphatic heterocycles. The Balaban J connectivity index is 1.59. The number of anilines is 2. The number of hydrogen-bond acceptors (Lipinski definition) is 3. The summed E-state index contributed by atoms with van der Waals surface area (Å²) in [7, 11) is 0. The molecule has 0 amide bonds. The fourth-order valence-electron chi connectivity index (χ4n) is 2.53. The summed E-state index contributed by atoms with van der Waals surface area (Å²) in [6, 6.07) is 13.2. The third-order valence-corrected chi connectivity index (χ3v) is 4.60. The van der Waals surface area contributed by atoms with Crippen LogP contribution in [0.4, 0.5) is 11.4 Å². The summed E-state index contributed by atoms with van der Waals surface area (Å²) in [5.74, 6) is 0. The molecule has 0 atom stereocenters. The Hall–Kier alpha value is -1.48. The molecule has 2 nitrogen and oxygen atoms in total. The highest BCUT2D eigenvalue weighted by molar-refractivity contribution is 7.11. The van der Waals surface area contributed by atoms with Crippen LogP contribution in [0, 0.1) is 6.92 Å². The smallest absolute Gasteiger partial charge is 0.0494 e. The predicted molar refractivity (Wildman–Crippen MR) is 84.3 cm³/mol. The average molecular weight is 272 g/mol. The minimum absolute atomic E-state index is 0.918. The molecule has 19 heavy (non-hydrogen) atoms. The molecular formula is C16H20N2S. The Bertz CT molecular complexity index is 524. The summed E-state index contributed by atoms with van der Waals surface area (Å²) < 4.78 is 0. The van der Waals surface area contributed by atoms with E-state index in [1.165, 1.54) is 47.1 Å². The minimum Gasteiger partial charge on any atom is -0.380 e. The van der Waals surface area contributed by atoms with Crippen LogP contribution >= 0.6 is 11.3 Å². The van der Waals surface area contributed by atoms with Gasteiger partial charge in [-0.1, -0.05) is 0 Å². The van der Waals surface area contributed by atoms with Gasteiger partial charge in [0, 0.05) is 40.8 Å². The van der Waals surface area contributed by atoms with Crippen LogP contribution in [0.25, 0.3) is 0 Å². The third-order valence-electron chi connectivity index (χ3n) is 3.60. The van der Waals surface area contributed by atoms with E-state index in [4.69, 9.17) is 0 Å². The van der Waals surface area contributed by atoms with E-state index in [-0.39, 0.29) is 0 Å². The van der Waals surface area contributed by atoms with Gasteiger partial charge in [0.15, 0.2) is 0 Å². The lowest BCUT2D eigenvalue weighted by atomic mass is 10.2. The van der Waals surface area contributed by atoms with Crippen molar-refractivity contribution in [2.75, 3.05) is 23.3 Å². The molecule has 1 aromatic carbocycles. The van der Waals surface area contributed by atoms with E-state index in [0.29, 0.717) is 0 Å². The van der Waals surface area contributed by atoms with Crippen LogP contribution < -0.4 is 10.2 Å². The van der Waals surface area contributed by atoms with Crippen LogP contribution in [0.3, 0.4) is 0 Å². The van der Waals surface area contributed by atoms with Crippen LogP contribution in [0.15, 0.2) is 36.4 Å². The van der Waals surface area contributed by atoms with Crippen LogP contribution in [0.1, 0.15) is 22.6 Å². The van der Waals surface area contributed by atoms with Crippen molar-refractivity contribution < 1.29 is 0 Å². The number of nitrogens with one attached hydrogen (secondary N) is 1. The fraction of sp³-hybridized carbons (Fsp3) is 0.375. The van der Waals surface area contributed by atoms with Crippen molar-refractivity contribution in [1.82, 2.24) is 0 Å². The Morgan fingerprint density at radius 3 is 2.42 bits per heavy atom. The molecule has 2 heterocycles. The molecule has 0 spiro atoms. The number of rotatable bonds is 4. The van der Waals surface area contributed by atoms with E-state index >= 15 is 0 Å². The van der Waals surface area contributed by atoms with Crippen molar-refractivity contribution in [2.24, 2.45) is 0 Å². The van der Waals surface area contributed by atoms with Crippen LogP contribution in [-0.2, 0) is 6.54 Å². The van der Waals surface area contributed by atoms with Crippen molar-refractivity contribution in [1.29, 1.82) is 0 Å². The minimum atomic E-state index is 0.918. The number of aryl methyl sites for hydroxylation is 1. The van der Waals surface area contributed by atoms with Gasteiger partial charge in [0.1, 0.15) is 0 Å². The van der Waals surface area contributed by atoms with E-state index in [9.17, 15) is 0 Å². The lowest BCUT2D eigenvalue weighted by molar-refractivity contribution is 0.949. The molecule has 1 aliphatic rings. The maximum absolute atomic E-state index is 3.48. The lowest BCUT2D eigenvalue weighted by Crippen LogP contribution is -2.17. The maximum atomic E-state index is 3.48. The first-order valence-corrected chi connectivity index (χ1v) is 7.77. The maximum Gasteiger partial charge on any atom is 0.0494 e. The second kappa shape index (κ2) is 5.66. The molecule has 0 bridgehead atoms. The van der Waals surface area contributed by atoms with Gasteiger partial charge in [0.05, 0.1) is 0 Å². The van der Waals surface area contributed by atoms with Gasteiger partial charge in [-0.15, -0.1) is 11.3 Å². The lowest BCUT2D eigenvalue weighted by Gasteiger charge is -2.17. The second-order valence-corrected chi connectivity index (χ2v) is 6.48. The van der Waals surface area contributed by atoms with Gasteiger partial charge in [-0.3, -0.25) is 0 Å². The standard InChI is InChI=1S/C16H20N2S/c1-13-4-9-16(19-13)12-17-14-5-7-15(8-6-14)18-10-2-3-11-18/h4-9,17H,2-3,10-12H2,1H3. The Labute approximate surface area is 119 Å². The molecule has 0 unspecified atom stereocenters. The molecule has 0 saturated carbocycles. The first-order chi connectivity index (χ1) is 9.31. The Kier molecular flexibility index (Phi) is 3.74. The Morgan fingerprint density at radius 1 is 1.05 bits per heavy atom. The number of benzene rings is 1. The van der Waals surface area contributed by atoms with E-state index in [0.717, 1.165) is 6.54 Å². The first kappa shape index (κ1) is 12.5. The molecule has 100 valence electrons. The van der Waals surface area contributed by atoms with Crippen molar-refractivity contribution in [3.05, 3.63) is 46.2 Å². The summed E-state index contributed by atoms with van der Waals surface area (Å²) in [6.45, 7) is 5.49. The van der Waals surface area contributed by atoms with Crippen molar-refractivity contribution >= 4 is 22.7 Å². The molecule has 1 N–H and O–H groups in total. The highest BCUT2D eigenvalue weighted by Crippen LogP contribution is 2.23. The SMILES string of the molecule is Cc1ccc(CNc2ccc(N3CCCC3)cc2)s1. The fourth-order valence-corrected chi connectivity index (χ4v) is 3.36. The van der Waals surface area contributed by atoms with Crippen molar-refractivity contribution in [2.45, 2.75) is 26.3 Å². The van der Waals surface area contributed by atoms with E-state index in [1.807, 2.05) is 11.3 Å². The molecular weight excluding hydrogens is 252 g/mol. The number of hydrogen-bond donors (Lipinski definition) is 1. The summed E-state index contributed by atoms with van der Waals surface area (Å²) in [5, 5.41) is 3.48. The van der Waals surface area contributed by atoms with Gasteiger partial charge in [-0.25, -0.2) is 0 Å². The molecule has 3 rings (SSSR count). The zero-order valence-electron chi connectivity index (χ0n) is 11.4. The Morgan fingerprint density at radius 2 is 1.79 bits per heavy atom. The van der Waals surface area contributed by atoms with Crippen LogP contribution in [-0.4, -0.2) is 13.1 Å². The van der Waals surface area contributed by atoms with Crippen molar-refractivity contribution in [3.8, 4) is 0 Å². The monoisotopic (exact) mass is 272 g/mol. The molecule has 1 aromatic heterocycles. The van der Waals surface area contributed by atoms with Gasteiger partial charge >= 0.3 is 0 Å². The van der Waals surface area contributed by atoms with Crippen LogP contribution in [0.2, 0.25) is 0 Å². The van der Waals surface area contributed by atoms with Gasteiger partial charge in [-0.2, -0.15) is 0 Å². The van der Waals surface area contributed by atoms with Gasteiger partial charge < -0.3 is 10.2 Å². The second-order valence-electron chi connectivity index (χ2n) is 5.11. The summed E-state index contributed by atoms with van der Waals surface area (Å²) >= 11 is 1.86. The van der Waals surface area contributed by atoms with Gasteiger partial charge in [0.25, 0.3) is 0 Å². The highest BCUT2D eigenvalue weighted by atomic mass is 32.1. The third kappa shape index (κ3) is 3.10. The zero-order chi connectivity index (χ0) is 13.1. The topological polar surface area (TPSA) is 15.3 Å². The zero-order valence-corrected chi connectivity index (χ0v) is 12.2. The summed E-state index contributed by atoms with van der Waals surface area (Å²) in [5.41, 5.74) is 2.56. The number of nitrogens with zero attached hydrogens (tertiary/aromatic N) is 1. The molecule has 1 fully saturated rings. The molecule has 0 aliphatic carbocycles. The normalized spacial score (nSPS) is 14.9. The van der Waals surface area contributed by atoms with E-state index in [2.05, 4.69) is 53.5 Å². The van der Waals surface area contributed by atoms with Gasteiger partial charge in [-0.05, 0) is 56.2 Å². The van der Waals surface area contributed by atoms with E-state index in [1.54, 1.807) is 0 Å². The molecule has 3 heteroatoms. The quantitative estimate of drug-likeness (QED) is 0.894. The predicted octanol–water partition coefficient (Wildman–Crippen LogP) is 4.27. The summed E-state index contributed by atoms with van der Waals surface area (Å²) in [6.07, 6.45) is 2.66. The van der Waals surface area contributed by atoms with Crippen molar-refractivity contribution in [3.63, 3.8) is 0 Å². The van der Waals surface area contributed by atoms with Crippen LogP contribution in [0.5, 0.6) is 0 Å². The number of thiophene rings is 1. The molecule has 2 aromatic rings. The van der Waals surface area contributed by atoms with E-state index < -0.39 is 0 Å². The molecule has 0 radical (unpaired) electrons. The largest absolute Gasteiger partial charge is 0.380 e. The highest BCUT2D eigenvalue weighted by Gasteiger charge is 2.11. The van der Waals surface area contributed by atoms with Gasteiger partial charge in [0.2, 0.25) is 0 Å². The first-order valence-electron chi connectivity index (χ1n) is 6.95. The average Bonchev–Trinajstić information content (AvgIpc) is 3.08. The molecule has 1 saturated heterocycles. The summed E-state index contributed by atoms with van der Waals surface area (Å²) in [4.78, 5) is 5.23.